The first-order valence-electron chi connectivity index (χ1n) is 7.95. The minimum Gasteiger partial charge on any atom is -0.315 e. The minimum absolute atomic E-state index is 0.223. The van der Waals surface area contributed by atoms with Crippen LogP contribution in [0.15, 0.2) is 36.5 Å². The number of hydrogen-bond acceptors (Lipinski definition) is 2. The van der Waals surface area contributed by atoms with E-state index < -0.39 is 0 Å². The fraction of sp³-hybridized carbons (Fsp3) is 0.500. The van der Waals surface area contributed by atoms with Crippen molar-refractivity contribution in [3.05, 3.63) is 53.3 Å². The number of aryl methyl sites for hydroxylation is 1. The van der Waals surface area contributed by atoms with E-state index in [1.807, 2.05) is 0 Å². The second kappa shape index (κ2) is 5.64. The fourth-order valence-corrected chi connectivity index (χ4v) is 3.08. The van der Waals surface area contributed by atoms with Gasteiger partial charge < -0.3 is 5.32 Å². The predicted molar refractivity (Wildman–Crippen MR) is 86.7 cm³/mol. The van der Waals surface area contributed by atoms with Crippen molar-refractivity contribution in [3.8, 4) is 0 Å². The lowest BCUT2D eigenvalue weighted by Crippen LogP contribution is -2.58. The lowest BCUT2D eigenvalue weighted by Gasteiger charge is -2.43. The average Bonchev–Trinajstić information content (AvgIpc) is 2.90. The van der Waals surface area contributed by atoms with Gasteiger partial charge in [0.25, 0.3) is 0 Å². The van der Waals surface area contributed by atoms with Gasteiger partial charge >= 0.3 is 0 Å². The summed E-state index contributed by atoms with van der Waals surface area (Å²) in [6.45, 7) is 8.69. The molecule has 0 saturated carbocycles. The Morgan fingerprint density at radius 1 is 1.33 bits per heavy atom. The van der Waals surface area contributed by atoms with Gasteiger partial charge in [0, 0.05) is 37.2 Å². The van der Waals surface area contributed by atoms with Crippen molar-refractivity contribution in [2.24, 2.45) is 0 Å². The highest BCUT2D eigenvalue weighted by atomic mass is 15.3. The lowest BCUT2D eigenvalue weighted by atomic mass is 9.71. The number of nitrogens with zero attached hydrogens (tertiary/aromatic N) is 2. The molecule has 0 aliphatic carbocycles. The average molecular weight is 283 g/mol. The summed E-state index contributed by atoms with van der Waals surface area (Å²) in [5.74, 6) is 0. The number of aromatic nitrogens is 2. The molecule has 1 N–H and O–H groups in total. The third kappa shape index (κ3) is 2.75. The van der Waals surface area contributed by atoms with E-state index in [-0.39, 0.29) is 5.41 Å². The predicted octanol–water partition coefficient (Wildman–Crippen LogP) is 3.25. The largest absolute Gasteiger partial charge is 0.315 e. The first kappa shape index (κ1) is 14.3. The first-order chi connectivity index (χ1) is 10.1. The molecule has 1 aliphatic rings. The topological polar surface area (TPSA) is 29.9 Å². The van der Waals surface area contributed by atoms with E-state index in [0.29, 0.717) is 6.04 Å². The molecule has 2 heterocycles. The molecule has 21 heavy (non-hydrogen) atoms. The molecule has 1 unspecified atom stereocenters. The van der Waals surface area contributed by atoms with E-state index >= 15 is 0 Å². The van der Waals surface area contributed by atoms with Crippen molar-refractivity contribution in [3.63, 3.8) is 0 Å². The summed E-state index contributed by atoms with van der Waals surface area (Å²) in [6, 6.07) is 11.6. The molecular formula is C18H25N3. The molecule has 0 radical (unpaired) electrons. The van der Waals surface area contributed by atoms with Crippen LogP contribution >= 0.6 is 0 Å². The summed E-state index contributed by atoms with van der Waals surface area (Å²) >= 11 is 0. The van der Waals surface area contributed by atoms with Crippen LogP contribution < -0.4 is 5.32 Å². The number of hydrogen-bond donors (Lipinski definition) is 1. The van der Waals surface area contributed by atoms with Gasteiger partial charge in [-0.2, -0.15) is 5.10 Å². The fourth-order valence-electron chi connectivity index (χ4n) is 3.08. The second-order valence-corrected chi connectivity index (χ2v) is 6.47. The molecule has 1 atom stereocenters. The van der Waals surface area contributed by atoms with Gasteiger partial charge in [-0.3, -0.25) is 4.68 Å². The zero-order valence-electron chi connectivity index (χ0n) is 13.3. The molecule has 1 aliphatic heterocycles. The van der Waals surface area contributed by atoms with Gasteiger partial charge in [0.05, 0.1) is 5.69 Å². The molecule has 1 saturated heterocycles. The highest BCUT2D eigenvalue weighted by molar-refractivity contribution is 5.34. The van der Waals surface area contributed by atoms with Crippen molar-refractivity contribution in [2.75, 3.05) is 13.1 Å². The van der Waals surface area contributed by atoms with E-state index in [1.165, 1.54) is 16.8 Å². The zero-order chi connectivity index (χ0) is 14.9. The van der Waals surface area contributed by atoms with Crippen LogP contribution in [0.2, 0.25) is 0 Å². The van der Waals surface area contributed by atoms with Crippen molar-refractivity contribution in [1.82, 2.24) is 15.1 Å². The molecule has 3 heteroatoms. The lowest BCUT2D eigenvalue weighted by molar-refractivity contribution is 0.271. The molecule has 2 aromatic rings. The van der Waals surface area contributed by atoms with E-state index in [4.69, 9.17) is 5.10 Å². The van der Waals surface area contributed by atoms with Gasteiger partial charge in [0.2, 0.25) is 0 Å². The Hall–Kier alpha value is -1.61. The molecule has 112 valence electrons. The Kier molecular flexibility index (Phi) is 3.85. The molecule has 3 nitrogen and oxygen atoms in total. The SMILES string of the molecule is CCC(C)n1ccc(CC2(c3cccc(C)c3)CNC2)n1. The van der Waals surface area contributed by atoms with Crippen molar-refractivity contribution in [2.45, 2.75) is 45.1 Å². The van der Waals surface area contributed by atoms with Gasteiger partial charge in [0.15, 0.2) is 0 Å². The summed E-state index contributed by atoms with van der Waals surface area (Å²) in [4.78, 5) is 0. The molecular weight excluding hydrogens is 258 g/mol. The van der Waals surface area contributed by atoms with E-state index in [2.05, 4.69) is 67.3 Å². The molecule has 1 aromatic carbocycles. The number of rotatable bonds is 5. The Morgan fingerprint density at radius 3 is 2.76 bits per heavy atom. The third-order valence-corrected chi connectivity index (χ3v) is 4.78. The Labute approximate surface area is 127 Å². The number of nitrogens with one attached hydrogen (secondary N) is 1. The maximum Gasteiger partial charge on any atom is 0.0634 e. The zero-order valence-corrected chi connectivity index (χ0v) is 13.3. The molecule has 1 aromatic heterocycles. The Balaban J connectivity index is 1.83. The van der Waals surface area contributed by atoms with Crippen LogP contribution in [0.25, 0.3) is 0 Å². The smallest absolute Gasteiger partial charge is 0.0634 e. The molecule has 0 spiro atoms. The molecule has 1 fully saturated rings. The first-order valence-corrected chi connectivity index (χ1v) is 7.95. The monoisotopic (exact) mass is 283 g/mol. The van der Waals surface area contributed by atoms with Crippen molar-refractivity contribution in [1.29, 1.82) is 0 Å². The van der Waals surface area contributed by atoms with Gasteiger partial charge in [-0.1, -0.05) is 36.8 Å². The van der Waals surface area contributed by atoms with Crippen molar-refractivity contribution < 1.29 is 0 Å². The maximum absolute atomic E-state index is 4.78. The maximum atomic E-state index is 4.78. The molecule has 0 bridgehead atoms. The van der Waals surface area contributed by atoms with E-state index in [9.17, 15) is 0 Å². The quantitative estimate of drug-likeness (QED) is 0.913. The Morgan fingerprint density at radius 2 is 2.14 bits per heavy atom. The third-order valence-electron chi connectivity index (χ3n) is 4.78. The van der Waals surface area contributed by atoms with Crippen LogP contribution in [0, 0.1) is 6.92 Å². The van der Waals surface area contributed by atoms with Crippen LogP contribution in [-0.2, 0) is 11.8 Å². The summed E-state index contributed by atoms with van der Waals surface area (Å²) in [5.41, 5.74) is 4.21. The van der Waals surface area contributed by atoms with Gasteiger partial charge in [-0.05, 0) is 31.9 Å². The minimum atomic E-state index is 0.223. The summed E-state index contributed by atoms with van der Waals surface area (Å²) in [5, 5.41) is 8.23. The van der Waals surface area contributed by atoms with Crippen LogP contribution in [0.4, 0.5) is 0 Å². The molecule has 3 rings (SSSR count). The van der Waals surface area contributed by atoms with Gasteiger partial charge in [0.1, 0.15) is 0 Å². The van der Waals surface area contributed by atoms with Crippen LogP contribution in [-0.4, -0.2) is 22.9 Å². The highest BCUT2D eigenvalue weighted by Crippen LogP contribution is 2.32. The van der Waals surface area contributed by atoms with Crippen LogP contribution in [0.5, 0.6) is 0 Å². The van der Waals surface area contributed by atoms with Crippen molar-refractivity contribution >= 4 is 0 Å². The Bertz CT molecular complexity index is 610. The normalized spacial score (nSPS) is 18.2. The second-order valence-electron chi connectivity index (χ2n) is 6.47. The van der Waals surface area contributed by atoms with E-state index in [0.717, 1.165) is 25.9 Å². The number of benzene rings is 1. The van der Waals surface area contributed by atoms with E-state index in [1.54, 1.807) is 0 Å². The van der Waals surface area contributed by atoms with Gasteiger partial charge in [-0.15, -0.1) is 0 Å². The summed E-state index contributed by atoms with van der Waals surface area (Å²) in [7, 11) is 0. The molecule has 0 amide bonds. The van der Waals surface area contributed by atoms with Crippen LogP contribution in [0.1, 0.15) is 43.1 Å². The standard InChI is InChI=1S/C18H25N3/c1-4-15(3)21-9-8-17(20-21)11-18(12-19-13-18)16-7-5-6-14(2)10-16/h5-10,15,19H,4,11-13H2,1-3H3. The highest BCUT2D eigenvalue weighted by Gasteiger charge is 2.39. The summed E-state index contributed by atoms with van der Waals surface area (Å²) < 4.78 is 2.10. The van der Waals surface area contributed by atoms with Gasteiger partial charge in [-0.25, -0.2) is 0 Å². The van der Waals surface area contributed by atoms with Crippen LogP contribution in [0.3, 0.4) is 0 Å². The summed E-state index contributed by atoms with van der Waals surface area (Å²) in [6.07, 6.45) is 4.26.